The van der Waals surface area contributed by atoms with Crippen LogP contribution in [0.2, 0.25) is 0 Å². The summed E-state index contributed by atoms with van der Waals surface area (Å²) >= 11 is 2.60. The van der Waals surface area contributed by atoms with Crippen LogP contribution in [0.1, 0.15) is 24.8 Å². The number of benzene rings is 1. The van der Waals surface area contributed by atoms with Crippen molar-refractivity contribution >= 4 is 45.0 Å². The molecule has 9 heteroatoms. The van der Waals surface area contributed by atoms with E-state index >= 15 is 0 Å². The largest absolute Gasteiger partial charge is 0.300 e. The van der Waals surface area contributed by atoms with Crippen LogP contribution in [-0.4, -0.2) is 31.4 Å². The van der Waals surface area contributed by atoms with Gasteiger partial charge in [-0.05, 0) is 18.6 Å². The molecular weight excluding hydrogens is 394 g/mol. The van der Waals surface area contributed by atoms with E-state index in [4.69, 9.17) is 0 Å². The number of hydrogen-bond donors (Lipinski definition) is 1. The van der Waals surface area contributed by atoms with Crippen LogP contribution in [0, 0.1) is 0 Å². The van der Waals surface area contributed by atoms with E-state index in [1.165, 1.54) is 27.7 Å². The average Bonchev–Trinajstić information content (AvgIpc) is 3.14. The van der Waals surface area contributed by atoms with Crippen LogP contribution in [0.4, 0.5) is 5.13 Å². The van der Waals surface area contributed by atoms with Gasteiger partial charge in [0.25, 0.3) is 5.56 Å². The zero-order chi connectivity index (χ0) is 19.9. The molecule has 0 spiro atoms. The Morgan fingerprint density at radius 2 is 2.18 bits per heavy atom. The highest BCUT2D eigenvalue weighted by molar-refractivity contribution is 7.99. The molecule has 146 valence electrons. The van der Waals surface area contributed by atoms with Gasteiger partial charge in [-0.2, -0.15) is 0 Å². The summed E-state index contributed by atoms with van der Waals surface area (Å²) in [5.41, 5.74) is 0.471. The SMILES string of the molecule is C=CCn1c(SCC(=O)Nc2nnc(CCCC)s2)nc2ccccc2c1=O. The van der Waals surface area contributed by atoms with E-state index in [0.717, 1.165) is 24.3 Å². The second-order valence-corrected chi connectivity index (χ2v) is 8.06. The predicted molar refractivity (Wildman–Crippen MR) is 114 cm³/mol. The molecule has 0 aliphatic heterocycles. The zero-order valence-corrected chi connectivity index (χ0v) is 17.2. The molecule has 0 unspecified atom stereocenters. The minimum atomic E-state index is -0.212. The number of amides is 1. The van der Waals surface area contributed by atoms with Gasteiger partial charge in [0.1, 0.15) is 5.01 Å². The number of anilines is 1. The molecule has 1 amide bonds. The van der Waals surface area contributed by atoms with Crippen LogP contribution >= 0.6 is 23.1 Å². The van der Waals surface area contributed by atoms with E-state index in [9.17, 15) is 9.59 Å². The molecular formula is C19H21N5O2S2. The van der Waals surface area contributed by atoms with Gasteiger partial charge in [-0.25, -0.2) is 4.98 Å². The van der Waals surface area contributed by atoms with Gasteiger partial charge in [-0.3, -0.25) is 19.5 Å². The van der Waals surface area contributed by atoms with E-state index in [2.05, 4.69) is 34.0 Å². The molecule has 2 heterocycles. The van der Waals surface area contributed by atoms with Crippen LogP contribution in [0.3, 0.4) is 0 Å². The Kier molecular flexibility index (Phi) is 6.94. The summed E-state index contributed by atoms with van der Waals surface area (Å²) in [6.45, 7) is 6.15. The fourth-order valence-corrected chi connectivity index (χ4v) is 4.17. The van der Waals surface area contributed by atoms with Crippen LogP contribution in [0.25, 0.3) is 10.9 Å². The lowest BCUT2D eigenvalue weighted by molar-refractivity contribution is -0.113. The van der Waals surface area contributed by atoms with E-state index in [-0.39, 0.29) is 17.2 Å². The average molecular weight is 416 g/mol. The summed E-state index contributed by atoms with van der Waals surface area (Å²) in [7, 11) is 0. The van der Waals surface area contributed by atoms with E-state index in [1.54, 1.807) is 24.3 Å². The minimum Gasteiger partial charge on any atom is -0.300 e. The normalized spacial score (nSPS) is 10.9. The molecule has 3 rings (SSSR count). The fourth-order valence-electron chi connectivity index (χ4n) is 2.57. The number of rotatable bonds is 9. The monoisotopic (exact) mass is 415 g/mol. The third kappa shape index (κ3) is 4.85. The standard InChI is InChI=1S/C19H21N5O2S2/c1-3-5-10-16-22-23-18(28-16)21-15(25)12-27-19-20-14-9-7-6-8-13(14)17(26)24(19)11-4-2/h4,6-9H,2-3,5,10-12H2,1H3,(H,21,23,25). The van der Waals surface area contributed by atoms with Crippen LogP contribution in [0.15, 0.2) is 46.9 Å². The van der Waals surface area contributed by atoms with Crippen molar-refractivity contribution < 1.29 is 4.79 Å². The number of unbranched alkanes of at least 4 members (excludes halogenated alkanes) is 1. The van der Waals surface area contributed by atoms with Crippen molar-refractivity contribution in [3.8, 4) is 0 Å². The van der Waals surface area contributed by atoms with Gasteiger partial charge < -0.3 is 0 Å². The number of carbonyl (C=O) groups is 1. The maximum Gasteiger partial charge on any atom is 0.262 e. The summed E-state index contributed by atoms with van der Waals surface area (Å²) < 4.78 is 1.53. The first kappa shape index (κ1) is 20.2. The van der Waals surface area contributed by atoms with Crippen LogP contribution < -0.4 is 10.9 Å². The molecule has 0 bridgehead atoms. The summed E-state index contributed by atoms with van der Waals surface area (Å²) in [4.78, 5) is 29.6. The number of para-hydroxylation sites is 1. The van der Waals surface area contributed by atoms with Crippen LogP contribution in [0.5, 0.6) is 0 Å². The lowest BCUT2D eigenvalue weighted by Gasteiger charge is -2.11. The van der Waals surface area contributed by atoms with Crippen LogP contribution in [-0.2, 0) is 17.8 Å². The van der Waals surface area contributed by atoms with Crippen molar-refractivity contribution in [2.75, 3.05) is 11.1 Å². The second kappa shape index (κ2) is 9.61. The highest BCUT2D eigenvalue weighted by atomic mass is 32.2. The first-order valence-electron chi connectivity index (χ1n) is 8.98. The number of hydrogen-bond acceptors (Lipinski definition) is 7. The molecule has 3 aromatic rings. The van der Waals surface area contributed by atoms with Gasteiger partial charge in [0.15, 0.2) is 5.16 Å². The highest BCUT2D eigenvalue weighted by Crippen LogP contribution is 2.20. The van der Waals surface area contributed by atoms with Gasteiger partial charge >= 0.3 is 0 Å². The Bertz CT molecular complexity index is 1040. The number of aryl methyl sites for hydroxylation is 1. The third-order valence-corrected chi connectivity index (χ3v) is 5.80. The Balaban J connectivity index is 1.71. The maximum atomic E-state index is 12.7. The number of thioether (sulfide) groups is 1. The highest BCUT2D eigenvalue weighted by Gasteiger charge is 2.14. The molecule has 0 saturated carbocycles. The predicted octanol–water partition coefficient (Wildman–Crippen LogP) is 3.51. The topological polar surface area (TPSA) is 89.8 Å². The first-order valence-corrected chi connectivity index (χ1v) is 10.8. The molecule has 1 N–H and O–H groups in total. The molecule has 0 atom stereocenters. The van der Waals surface area contributed by atoms with Crippen molar-refractivity contribution in [3.05, 3.63) is 52.3 Å². The second-order valence-electron chi connectivity index (χ2n) is 6.06. The lowest BCUT2D eigenvalue weighted by atomic mass is 10.2. The van der Waals surface area contributed by atoms with Gasteiger partial charge in [0.2, 0.25) is 11.0 Å². The molecule has 28 heavy (non-hydrogen) atoms. The van der Waals surface area contributed by atoms with Gasteiger partial charge in [-0.15, -0.1) is 16.8 Å². The third-order valence-electron chi connectivity index (χ3n) is 3.93. The molecule has 0 aliphatic carbocycles. The number of allylic oxidation sites excluding steroid dienone is 1. The molecule has 0 aliphatic rings. The number of nitrogens with one attached hydrogen (secondary N) is 1. The Morgan fingerprint density at radius 3 is 2.96 bits per heavy atom. The molecule has 1 aromatic carbocycles. The minimum absolute atomic E-state index is 0.117. The summed E-state index contributed by atoms with van der Waals surface area (Å²) in [5, 5.41) is 13.3. The molecule has 0 fully saturated rings. The molecule has 7 nitrogen and oxygen atoms in total. The number of aromatic nitrogens is 4. The maximum absolute atomic E-state index is 12.7. The Hall–Kier alpha value is -2.52. The van der Waals surface area contributed by atoms with Gasteiger partial charge in [0, 0.05) is 13.0 Å². The van der Waals surface area contributed by atoms with Gasteiger partial charge in [-0.1, -0.05) is 54.7 Å². The Labute approximate surface area is 170 Å². The fraction of sp³-hybridized carbons (Fsp3) is 0.316. The first-order chi connectivity index (χ1) is 13.6. The summed E-state index contributed by atoms with van der Waals surface area (Å²) in [6, 6.07) is 7.18. The van der Waals surface area contributed by atoms with Crippen molar-refractivity contribution in [2.45, 2.75) is 37.9 Å². The number of carbonyl (C=O) groups excluding carboxylic acids is 1. The van der Waals surface area contributed by atoms with Gasteiger partial charge in [0.05, 0.1) is 16.7 Å². The van der Waals surface area contributed by atoms with Crippen molar-refractivity contribution in [1.82, 2.24) is 19.7 Å². The van der Waals surface area contributed by atoms with E-state index in [1.807, 2.05) is 6.07 Å². The van der Waals surface area contributed by atoms with Crippen molar-refractivity contribution in [2.24, 2.45) is 0 Å². The number of fused-ring (bicyclic) bond motifs is 1. The van der Waals surface area contributed by atoms with Crippen molar-refractivity contribution in [3.63, 3.8) is 0 Å². The van der Waals surface area contributed by atoms with E-state index in [0.29, 0.717) is 27.7 Å². The lowest BCUT2D eigenvalue weighted by Crippen LogP contribution is -2.23. The smallest absolute Gasteiger partial charge is 0.262 e. The summed E-state index contributed by atoms with van der Waals surface area (Å²) in [6.07, 6.45) is 4.64. The zero-order valence-electron chi connectivity index (χ0n) is 15.6. The summed E-state index contributed by atoms with van der Waals surface area (Å²) in [5.74, 6) is -0.0954. The quantitative estimate of drug-likeness (QED) is 0.327. The van der Waals surface area contributed by atoms with E-state index < -0.39 is 0 Å². The molecule has 0 radical (unpaired) electrons. The molecule has 2 aromatic heterocycles. The Morgan fingerprint density at radius 1 is 1.36 bits per heavy atom. The van der Waals surface area contributed by atoms with Crippen molar-refractivity contribution in [1.29, 1.82) is 0 Å². The molecule has 0 saturated heterocycles. The number of nitrogens with zero attached hydrogens (tertiary/aromatic N) is 4.